The Morgan fingerprint density at radius 3 is 2.68 bits per heavy atom. The maximum atomic E-state index is 13.0. The molecule has 0 bridgehead atoms. The van der Waals surface area contributed by atoms with Gasteiger partial charge in [0.05, 0.1) is 11.6 Å². The highest BCUT2D eigenvalue weighted by Crippen LogP contribution is 2.41. The summed E-state index contributed by atoms with van der Waals surface area (Å²) in [6.07, 6.45) is 0.764. The topological polar surface area (TPSA) is 90.3 Å². The number of fused-ring (bicyclic) bond motifs is 1. The largest absolute Gasteiger partial charge is 0.508 e. The number of hydrogen-bond donors (Lipinski definition) is 2. The molecule has 7 nitrogen and oxygen atoms in total. The highest BCUT2D eigenvalue weighted by molar-refractivity contribution is 6.46. The Balaban J connectivity index is 1.82. The van der Waals surface area contributed by atoms with Crippen LogP contribution in [0.2, 0.25) is 0 Å². The summed E-state index contributed by atoms with van der Waals surface area (Å²) in [6.45, 7) is 2.83. The minimum atomic E-state index is -0.782. The van der Waals surface area contributed by atoms with Gasteiger partial charge in [0, 0.05) is 25.1 Å². The average molecular weight is 422 g/mol. The lowest BCUT2D eigenvalue weighted by Crippen LogP contribution is -2.35. The van der Waals surface area contributed by atoms with Crippen molar-refractivity contribution in [2.75, 3.05) is 27.2 Å². The van der Waals surface area contributed by atoms with Crippen molar-refractivity contribution in [3.05, 3.63) is 64.7 Å². The van der Waals surface area contributed by atoms with Crippen LogP contribution < -0.4 is 4.74 Å². The van der Waals surface area contributed by atoms with Crippen LogP contribution in [0.25, 0.3) is 5.76 Å². The van der Waals surface area contributed by atoms with E-state index in [2.05, 4.69) is 0 Å². The predicted molar refractivity (Wildman–Crippen MR) is 116 cm³/mol. The summed E-state index contributed by atoms with van der Waals surface area (Å²) in [5, 5.41) is 21.2. The summed E-state index contributed by atoms with van der Waals surface area (Å²) in [5.74, 6) is -0.814. The molecule has 2 aromatic rings. The highest BCUT2D eigenvalue weighted by Gasteiger charge is 2.46. The number of phenolic OH excluding ortho intramolecular Hbond substituents is 1. The van der Waals surface area contributed by atoms with Gasteiger partial charge in [-0.25, -0.2) is 0 Å². The Morgan fingerprint density at radius 2 is 1.97 bits per heavy atom. The van der Waals surface area contributed by atoms with E-state index in [-0.39, 0.29) is 23.2 Å². The lowest BCUT2D eigenvalue weighted by atomic mass is 9.94. The van der Waals surface area contributed by atoms with E-state index in [9.17, 15) is 19.8 Å². The van der Waals surface area contributed by atoms with E-state index in [1.165, 1.54) is 17.0 Å². The summed E-state index contributed by atoms with van der Waals surface area (Å²) >= 11 is 0. The Labute approximate surface area is 181 Å². The van der Waals surface area contributed by atoms with Gasteiger partial charge < -0.3 is 24.7 Å². The molecule has 31 heavy (non-hydrogen) atoms. The van der Waals surface area contributed by atoms with Crippen molar-refractivity contribution in [3.8, 4) is 11.5 Å². The van der Waals surface area contributed by atoms with Crippen LogP contribution in [-0.2, 0) is 16.0 Å². The Morgan fingerprint density at radius 1 is 1.19 bits per heavy atom. The third kappa shape index (κ3) is 3.88. The number of amides is 1. The third-order valence-corrected chi connectivity index (χ3v) is 5.68. The minimum Gasteiger partial charge on any atom is -0.508 e. The van der Waals surface area contributed by atoms with Crippen molar-refractivity contribution in [1.29, 1.82) is 0 Å². The maximum absolute atomic E-state index is 13.0. The van der Waals surface area contributed by atoms with E-state index in [0.717, 1.165) is 11.3 Å². The molecule has 1 saturated heterocycles. The number of ketones is 1. The van der Waals surface area contributed by atoms with E-state index in [4.69, 9.17) is 4.74 Å². The molecule has 0 aliphatic carbocycles. The summed E-state index contributed by atoms with van der Waals surface area (Å²) < 4.78 is 5.72. The molecule has 7 heteroatoms. The van der Waals surface area contributed by atoms with Crippen LogP contribution in [0.1, 0.15) is 29.7 Å². The maximum Gasteiger partial charge on any atom is 0.295 e. The highest BCUT2D eigenvalue weighted by atomic mass is 16.5. The molecule has 2 unspecified atom stereocenters. The molecule has 2 aliphatic heterocycles. The van der Waals surface area contributed by atoms with Gasteiger partial charge in [-0.05, 0) is 62.5 Å². The van der Waals surface area contributed by atoms with E-state index in [0.29, 0.717) is 30.6 Å². The number of aliphatic hydroxyl groups excluding tert-OH is 1. The van der Waals surface area contributed by atoms with Crippen LogP contribution in [-0.4, -0.2) is 65.0 Å². The first kappa shape index (κ1) is 20.9. The average Bonchev–Trinajstić information content (AvgIpc) is 3.22. The van der Waals surface area contributed by atoms with Crippen molar-refractivity contribution >= 4 is 17.4 Å². The number of Topliss-reactive ketones (excluding diaryl/α,β-unsaturated/α-hetero) is 1. The van der Waals surface area contributed by atoms with Crippen molar-refractivity contribution in [2.24, 2.45) is 0 Å². The summed E-state index contributed by atoms with van der Waals surface area (Å²) in [6, 6.07) is 10.9. The second kappa shape index (κ2) is 8.07. The molecule has 2 atom stereocenters. The first-order chi connectivity index (χ1) is 14.8. The zero-order valence-electron chi connectivity index (χ0n) is 17.8. The second-order valence-electron chi connectivity index (χ2n) is 8.35. The van der Waals surface area contributed by atoms with Crippen LogP contribution in [0.3, 0.4) is 0 Å². The number of likely N-dealkylation sites (N-methyl/N-ethyl adjacent to an activating group) is 1. The van der Waals surface area contributed by atoms with Gasteiger partial charge in [0.1, 0.15) is 23.4 Å². The Hall–Kier alpha value is -3.32. The lowest BCUT2D eigenvalue weighted by molar-refractivity contribution is -0.140. The van der Waals surface area contributed by atoms with Crippen LogP contribution in [0.15, 0.2) is 48.0 Å². The summed E-state index contributed by atoms with van der Waals surface area (Å²) in [4.78, 5) is 29.3. The summed E-state index contributed by atoms with van der Waals surface area (Å²) in [7, 11) is 3.76. The number of rotatable bonds is 5. The van der Waals surface area contributed by atoms with Crippen LogP contribution >= 0.6 is 0 Å². The molecule has 1 fully saturated rings. The van der Waals surface area contributed by atoms with E-state index in [1.54, 1.807) is 30.3 Å². The van der Waals surface area contributed by atoms with Crippen molar-refractivity contribution < 1.29 is 24.5 Å². The number of carbonyl (C=O) groups excluding carboxylic acids is 2. The number of carbonyl (C=O) groups is 2. The van der Waals surface area contributed by atoms with Gasteiger partial charge in [0.25, 0.3) is 11.7 Å². The first-order valence-corrected chi connectivity index (χ1v) is 10.3. The van der Waals surface area contributed by atoms with Gasteiger partial charge in [-0.2, -0.15) is 0 Å². The Kier molecular flexibility index (Phi) is 5.45. The van der Waals surface area contributed by atoms with Gasteiger partial charge in [0.2, 0.25) is 0 Å². The third-order valence-electron chi connectivity index (χ3n) is 5.68. The van der Waals surface area contributed by atoms with E-state index >= 15 is 0 Å². The molecular formula is C24H26N2O5. The number of ether oxygens (including phenoxy) is 1. The molecule has 162 valence electrons. The molecule has 2 aliphatic rings. The van der Waals surface area contributed by atoms with Crippen molar-refractivity contribution in [2.45, 2.75) is 25.5 Å². The molecule has 1 amide bonds. The molecule has 0 spiro atoms. The molecule has 2 N–H and O–H groups in total. The summed E-state index contributed by atoms with van der Waals surface area (Å²) in [5.41, 5.74) is 2.01. The fraction of sp³-hybridized carbons (Fsp3) is 0.333. The number of hydrogen-bond acceptors (Lipinski definition) is 6. The van der Waals surface area contributed by atoms with Gasteiger partial charge in [-0.15, -0.1) is 0 Å². The fourth-order valence-corrected chi connectivity index (χ4v) is 4.18. The minimum absolute atomic E-state index is 0.0272. The molecule has 0 aromatic heterocycles. The van der Waals surface area contributed by atoms with Crippen molar-refractivity contribution in [1.82, 2.24) is 9.80 Å². The predicted octanol–water partition coefficient (Wildman–Crippen LogP) is 2.70. The molecular weight excluding hydrogens is 396 g/mol. The monoisotopic (exact) mass is 422 g/mol. The molecule has 2 aromatic carbocycles. The number of nitrogens with zero attached hydrogens (tertiary/aromatic N) is 2. The zero-order chi connectivity index (χ0) is 22.3. The first-order valence-electron chi connectivity index (χ1n) is 10.3. The molecule has 0 saturated carbocycles. The van der Waals surface area contributed by atoms with Crippen LogP contribution in [0, 0.1) is 0 Å². The zero-order valence-corrected chi connectivity index (χ0v) is 17.8. The van der Waals surface area contributed by atoms with E-state index in [1.807, 2.05) is 25.9 Å². The number of benzene rings is 2. The standard InChI is InChI=1S/C24H26N2O5/c1-14-11-17-12-16(7-8-19(17)31-14)22(28)20-21(15-5-4-6-18(27)13-15)26(10-9-25(2)3)24(30)23(20)29/h4-8,12-14,21,27-28H,9-11H2,1-3H3/b22-20+. The smallest absolute Gasteiger partial charge is 0.295 e. The van der Waals surface area contributed by atoms with Gasteiger partial charge >= 0.3 is 0 Å². The SMILES string of the molecule is CC1Cc2cc(/C(O)=C3\C(=O)C(=O)N(CCN(C)C)C3c3cccc(O)c3)ccc2O1. The van der Waals surface area contributed by atoms with Crippen molar-refractivity contribution in [3.63, 3.8) is 0 Å². The molecule has 0 radical (unpaired) electrons. The number of aromatic hydroxyl groups is 1. The van der Waals surface area contributed by atoms with Gasteiger partial charge in [0.15, 0.2) is 0 Å². The normalized spacial score (nSPS) is 22.1. The van der Waals surface area contributed by atoms with Gasteiger partial charge in [-0.1, -0.05) is 12.1 Å². The molecule has 4 rings (SSSR count). The lowest BCUT2D eigenvalue weighted by Gasteiger charge is -2.26. The quantitative estimate of drug-likeness (QED) is 0.438. The van der Waals surface area contributed by atoms with E-state index < -0.39 is 17.7 Å². The van der Waals surface area contributed by atoms with Gasteiger partial charge in [-0.3, -0.25) is 9.59 Å². The van der Waals surface area contributed by atoms with Crippen LogP contribution in [0.4, 0.5) is 0 Å². The molecule has 2 heterocycles. The number of likely N-dealkylation sites (tertiary alicyclic amines) is 1. The second-order valence-corrected chi connectivity index (χ2v) is 8.35. The number of aliphatic hydroxyl groups is 1. The fourth-order valence-electron chi connectivity index (χ4n) is 4.18. The van der Waals surface area contributed by atoms with Crippen LogP contribution in [0.5, 0.6) is 11.5 Å². The number of phenols is 1. The Bertz CT molecular complexity index is 1080.